The van der Waals surface area contributed by atoms with E-state index >= 15 is 0 Å². The van der Waals surface area contributed by atoms with E-state index in [1.807, 2.05) is 0 Å². The maximum absolute atomic E-state index is 7.31. The molecular weight excluding hydrogens is 502 g/mol. The van der Waals surface area contributed by atoms with Crippen molar-refractivity contribution in [1.29, 1.82) is 0 Å². The number of anilines is 2. The third kappa shape index (κ3) is 4.12. The molecule has 0 atom stereocenters. The summed E-state index contributed by atoms with van der Waals surface area (Å²) < 4.78 is 9.81. The second-order valence-corrected chi connectivity index (χ2v) is 13.4. The quantitative estimate of drug-likeness (QED) is 0.208. The molecule has 3 heteroatoms. The minimum Gasteiger partial charge on any atom is -0.516 e. The number of hydrogen-bond acceptors (Lipinski definition) is 2. The van der Waals surface area contributed by atoms with E-state index in [2.05, 4.69) is 169 Å². The van der Waals surface area contributed by atoms with Crippen LogP contribution in [0.5, 0.6) is 5.75 Å². The van der Waals surface area contributed by atoms with E-state index in [9.17, 15) is 0 Å². The predicted octanol–water partition coefficient (Wildman–Crippen LogP) is 8.12. The Balaban J connectivity index is 1.51. The van der Waals surface area contributed by atoms with Gasteiger partial charge >= 0.3 is 8.48 Å². The number of fused-ring (bicyclic) bond motifs is 1. The van der Waals surface area contributed by atoms with E-state index in [0.717, 1.165) is 17.1 Å². The molecule has 0 saturated heterocycles. The summed E-state index contributed by atoms with van der Waals surface area (Å²) in [5.41, 5.74) is 8.25. The number of nitrogens with zero attached hydrogens (tertiary/aromatic N) is 1. The Kier molecular flexibility index (Phi) is 6.07. The van der Waals surface area contributed by atoms with Crippen LogP contribution in [0.4, 0.5) is 11.4 Å². The van der Waals surface area contributed by atoms with E-state index in [1.54, 1.807) is 0 Å². The Morgan fingerprint density at radius 2 is 0.975 bits per heavy atom. The SMILES string of the molecule is Cc1ccc(N2c3ccccc3O[Si]2(c2cccc(-c3ccccc3)c2)c2cccc(-c3ccccc3)c2)cc1. The third-order valence-corrected chi connectivity index (χ3v) is 11.5. The van der Waals surface area contributed by atoms with E-state index < -0.39 is 8.48 Å². The zero-order valence-electron chi connectivity index (χ0n) is 22.4. The fourth-order valence-electron chi connectivity index (χ4n) is 5.74. The number of aryl methyl sites for hydroxylation is 1. The highest BCUT2D eigenvalue weighted by Crippen LogP contribution is 2.45. The Bertz CT molecular complexity index is 1700. The molecule has 0 bridgehead atoms. The van der Waals surface area contributed by atoms with Gasteiger partial charge in [0.25, 0.3) is 0 Å². The first kappa shape index (κ1) is 24.2. The summed E-state index contributed by atoms with van der Waals surface area (Å²) in [6.07, 6.45) is 0. The molecule has 0 radical (unpaired) electrons. The van der Waals surface area contributed by atoms with E-state index in [4.69, 9.17) is 4.43 Å². The summed E-state index contributed by atoms with van der Waals surface area (Å²) in [5.74, 6) is 0.921. The molecule has 40 heavy (non-hydrogen) atoms. The molecule has 0 saturated carbocycles. The van der Waals surface area contributed by atoms with Crippen LogP contribution in [-0.4, -0.2) is 8.48 Å². The standard InChI is InChI=1S/C37H29NOSi/c1-28-22-24-33(25-23-28)38-36-20-8-9-21-37(36)39-40(38,34-18-10-16-31(26-34)29-12-4-2-5-13-29)35-19-11-17-32(27-35)30-14-6-3-7-15-30/h2-27H,1H3. The average molecular weight is 532 g/mol. The molecule has 0 amide bonds. The van der Waals surface area contributed by atoms with Crippen LogP contribution in [0.25, 0.3) is 22.3 Å². The average Bonchev–Trinajstić information content (AvgIpc) is 3.39. The lowest BCUT2D eigenvalue weighted by molar-refractivity contribution is 0.588. The van der Waals surface area contributed by atoms with Gasteiger partial charge in [-0.15, -0.1) is 0 Å². The van der Waals surface area contributed by atoms with Crippen molar-refractivity contribution in [1.82, 2.24) is 0 Å². The first-order chi connectivity index (χ1) is 19.7. The highest BCUT2D eigenvalue weighted by atomic mass is 28.4. The van der Waals surface area contributed by atoms with Gasteiger partial charge < -0.3 is 8.99 Å². The molecule has 0 unspecified atom stereocenters. The molecular formula is C37H29NOSi. The van der Waals surface area contributed by atoms with Crippen LogP contribution in [0.3, 0.4) is 0 Å². The van der Waals surface area contributed by atoms with Gasteiger partial charge in [-0.05, 0) is 65.6 Å². The Labute approximate surface area is 237 Å². The third-order valence-electron chi connectivity index (χ3n) is 7.69. The van der Waals surface area contributed by atoms with Crippen LogP contribution in [-0.2, 0) is 0 Å². The minimum atomic E-state index is -3.07. The van der Waals surface area contributed by atoms with E-state index in [1.165, 1.54) is 38.2 Å². The molecule has 0 spiro atoms. The lowest BCUT2D eigenvalue weighted by atomic mass is 10.1. The summed E-state index contributed by atoms with van der Waals surface area (Å²) in [7, 11) is -3.07. The molecule has 7 rings (SSSR count). The van der Waals surface area contributed by atoms with E-state index in [0.29, 0.717) is 0 Å². The molecule has 0 N–H and O–H groups in total. The maximum atomic E-state index is 7.31. The number of benzene rings is 6. The van der Waals surface area contributed by atoms with Crippen LogP contribution in [0.15, 0.2) is 158 Å². The monoisotopic (exact) mass is 531 g/mol. The normalized spacial score (nSPS) is 13.5. The summed E-state index contributed by atoms with van der Waals surface area (Å²) in [5, 5.41) is 2.41. The van der Waals surface area contributed by atoms with Gasteiger partial charge in [0.2, 0.25) is 0 Å². The molecule has 6 aromatic rings. The fourth-order valence-corrected chi connectivity index (χ4v) is 9.79. The number of para-hydroxylation sites is 2. The predicted molar refractivity (Wildman–Crippen MR) is 169 cm³/mol. The van der Waals surface area contributed by atoms with Gasteiger partial charge in [0.1, 0.15) is 5.75 Å². The Hall–Kier alpha value is -4.86. The molecule has 0 aromatic heterocycles. The molecule has 1 aliphatic heterocycles. The van der Waals surface area contributed by atoms with Crippen molar-refractivity contribution in [2.45, 2.75) is 6.92 Å². The van der Waals surface area contributed by atoms with Crippen molar-refractivity contribution >= 4 is 30.2 Å². The first-order valence-corrected chi connectivity index (χ1v) is 15.5. The van der Waals surface area contributed by atoms with Crippen LogP contribution < -0.4 is 19.4 Å². The molecule has 1 aliphatic rings. The van der Waals surface area contributed by atoms with Crippen molar-refractivity contribution in [3.8, 4) is 28.0 Å². The summed E-state index contributed by atoms with van der Waals surface area (Å²) >= 11 is 0. The van der Waals surface area contributed by atoms with Gasteiger partial charge in [0, 0.05) is 16.1 Å². The Morgan fingerprint density at radius 1 is 0.475 bits per heavy atom. The Morgan fingerprint density at radius 3 is 1.55 bits per heavy atom. The van der Waals surface area contributed by atoms with Gasteiger partial charge in [-0.1, -0.05) is 127 Å². The highest BCUT2D eigenvalue weighted by Gasteiger charge is 2.55. The zero-order chi connectivity index (χ0) is 26.9. The lowest BCUT2D eigenvalue weighted by Gasteiger charge is -2.36. The van der Waals surface area contributed by atoms with Gasteiger partial charge in [0.15, 0.2) is 0 Å². The van der Waals surface area contributed by atoms with Gasteiger partial charge in [0.05, 0.1) is 5.69 Å². The topological polar surface area (TPSA) is 12.5 Å². The van der Waals surface area contributed by atoms with Crippen molar-refractivity contribution < 1.29 is 4.43 Å². The van der Waals surface area contributed by atoms with Gasteiger partial charge in [-0.25, -0.2) is 0 Å². The summed E-state index contributed by atoms with van der Waals surface area (Å²) in [6, 6.07) is 56.4. The van der Waals surface area contributed by atoms with Crippen molar-refractivity contribution in [3.63, 3.8) is 0 Å². The fraction of sp³-hybridized carbons (Fsp3) is 0.0270. The maximum Gasteiger partial charge on any atom is 0.433 e. The van der Waals surface area contributed by atoms with Crippen molar-refractivity contribution in [2.75, 3.05) is 4.57 Å². The molecule has 192 valence electrons. The van der Waals surface area contributed by atoms with Gasteiger partial charge in [-0.3, -0.25) is 0 Å². The lowest BCUT2D eigenvalue weighted by Crippen LogP contribution is -2.71. The number of rotatable bonds is 5. The van der Waals surface area contributed by atoms with Crippen LogP contribution in [0.1, 0.15) is 5.56 Å². The molecule has 0 aliphatic carbocycles. The summed E-state index contributed by atoms with van der Waals surface area (Å²) in [4.78, 5) is 0. The number of hydrogen-bond donors (Lipinski definition) is 0. The molecule has 1 heterocycles. The summed E-state index contributed by atoms with van der Waals surface area (Å²) in [6.45, 7) is 2.13. The smallest absolute Gasteiger partial charge is 0.433 e. The van der Waals surface area contributed by atoms with Crippen molar-refractivity contribution in [3.05, 3.63) is 163 Å². The van der Waals surface area contributed by atoms with Crippen LogP contribution >= 0.6 is 0 Å². The van der Waals surface area contributed by atoms with Gasteiger partial charge in [-0.2, -0.15) is 0 Å². The van der Waals surface area contributed by atoms with Crippen LogP contribution in [0, 0.1) is 6.92 Å². The molecule has 2 nitrogen and oxygen atoms in total. The molecule has 0 fully saturated rings. The first-order valence-electron chi connectivity index (χ1n) is 13.7. The highest BCUT2D eigenvalue weighted by molar-refractivity contribution is 7.02. The van der Waals surface area contributed by atoms with E-state index in [-0.39, 0.29) is 0 Å². The zero-order valence-corrected chi connectivity index (χ0v) is 23.4. The largest absolute Gasteiger partial charge is 0.516 e. The second-order valence-electron chi connectivity index (χ2n) is 10.3. The van der Waals surface area contributed by atoms with Crippen molar-refractivity contribution in [2.24, 2.45) is 0 Å². The molecule has 6 aromatic carbocycles. The minimum absolute atomic E-state index is 0.921. The van der Waals surface area contributed by atoms with Crippen LogP contribution in [0.2, 0.25) is 0 Å². The second kappa shape index (κ2) is 10.0.